The highest BCUT2D eigenvalue weighted by Gasteiger charge is 2.26. The molecule has 188 valence electrons. The van der Waals surface area contributed by atoms with Gasteiger partial charge >= 0.3 is 11.9 Å². The smallest absolute Gasteiger partial charge is 0.330 e. The molecule has 1 aliphatic rings. The molecule has 1 aliphatic carbocycles. The quantitative estimate of drug-likeness (QED) is 0.257. The summed E-state index contributed by atoms with van der Waals surface area (Å²) in [6.45, 7) is 11.3. The van der Waals surface area contributed by atoms with Gasteiger partial charge in [-0.15, -0.1) is 0 Å². The molecular formula is C28H33ClO6. The van der Waals surface area contributed by atoms with Gasteiger partial charge in [0.25, 0.3) is 0 Å². The Labute approximate surface area is 211 Å². The van der Waals surface area contributed by atoms with Crippen molar-refractivity contribution < 1.29 is 28.5 Å². The summed E-state index contributed by atoms with van der Waals surface area (Å²) in [5.74, 6) is 0.590. The second kappa shape index (κ2) is 12.6. The van der Waals surface area contributed by atoms with Crippen LogP contribution in [0.25, 0.3) is 10.8 Å². The van der Waals surface area contributed by atoms with Crippen molar-refractivity contribution >= 4 is 34.3 Å². The highest BCUT2D eigenvalue weighted by atomic mass is 35.5. The number of esters is 2. The van der Waals surface area contributed by atoms with Crippen LogP contribution in [0.4, 0.5) is 0 Å². The SMILES string of the molecule is C=CC(=O)OC(CC)COc1c2c(c(OCC(CC)OC(=O)C=C)c3cc(Cl)ccc13)CCCC2. The van der Waals surface area contributed by atoms with E-state index in [9.17, 15) is 9.59 Å². The van der Waals surface area contributed by atoms with Gasteiger partial charge in [0.15, 0.2) is 0 Å². The molecule has 0 radical (unpaired) electrons. The summed E-state index contributed by atoms with van der Waals surface area (Å²) in [5.41, 5.74) is 2.18. The maximum absolute atomic E-state index is 11.7. The predicted octanol–water partition coefficient (Wildman–Crippen LogP) is 6.15. The fourth-order valence-corrected chi connectivity index (χ4v) is 4.38. The number of fused-ring (bicyclic) bond motifs is 2. The van der Waals surface area contributed by atoms with Crippen molar-refractivity contribution in [2.75, 3.05) is 13.2 Å². The lowest BCUT2D eigenvalue weighted by Gasteiger charge is -2.27. The Morgan fingerprint density at radius 1 is 0.886 bits per heavy atom. The monoisotopic (exact) mass is 500 g/mol. The van der Waals surface area contributed by atoms with Gasteiger partial charge in [0.1, 0.15) is 36.9 Å². The Kier molecular flexibility index (Phi) is 9.61. The summed E-state index contributed by atoms with van der Waals surface area (Å²) in [6, 6.07) is 5.63. The first-order valence-electron chi connectivity index (χ1n) is 12.1. The molecule has 7 heteroatoms. The third-order valence-electron chi connectivity index (χ3n) is 6.12. The van der Waals surface area contributed by atoms with Crippen molar-refractivity contribution in [3.8, 4) is 11.5 Å². The average molecular weight is 501 g/mol. The van der Waals surface area contributed by atoms with Gasteiger partial charge in [-0.2, -0.15) is 0 Å². The lowest BCUT2D eigenvalue weighted by Crippen LogP contribution is -2.25. The molecule has 2 aromatic rings. The van der Waals surface area contributed by atoms with E-state index in [-0.39, 0.29) is 19.3 Å². The van der Waals surface area contributed by atoms with Crippen LogP contribution in [0.3, 0.4) is 0 Å². The zero-order valence-electron chi connectivity index (χ0n) is 20.4. The minimum Gasteiger partial charge on any atom is -0.489 e. The number of halogens is 1. The molecule has 6 nitrogen and oxygen atoms in total. The molecule has 0 aliphatic heterocycles. The Hall–Kier alpha value is -2.99. The lowest BCUT2D eigenvalue weighted by molar-refractivity contribution is -0.145. The third-order valence-corrected chi connectivity index (χ3v) is 6.36. The number of hydrogen-bond acceptors (Lipinski definition) is 6. The third kappa shape index (κ3) is 6.57. The van der Waals surface area contributed by atoms with E-state index in [1.165, 1.54) is 0 Å². The molecule has 0 heterocycles. The molecule has 0 spiro atoms. The number of rotatable bonds is 12. The van der Waals surface area contributed by atoms with Gasteiger partial charge in [0, 0.05) is 39.1 Å². The Morgan fingerprint density at radius 3 is 1.83 bits per heavy atom. The zero-order chi connectivity index (χ0) is 25.4. The summed E-state index contributed by atoms with van der Waals surface area (Å²) in [4.78, 5) is 23.4. The molecule has 2 atom stereocenters. The summed E-state index contributed by atoms with van der Waals surface area (Å²) >= 11 is 6.38. The van der Waals surface area contributed by atoms with E-state index >= 15 is 0 Å². The summed E-state index contributed by atoms with van der Waals surface area (Å²) in [7, 11) is 0. The van der Waals surface area contributed by atoms with Crippen LogP contribution in [-0.4, -0.2) is 37.4 Å². The van der Waals surface area contributed by atoms with Gasteiger partial charge < -0.3 is 18.9 Å². The van der Waals surface area contributed by atoms with E-state index in [4.69, 9.17) is 30.5 Å². The van der Waals surface area contributed by atoms with Crippen LogP contribution in [0, 0.1) is 0 Å². The van der Waals surface area contributed by atoms with Crippen LogP contribution in [0.15, 0.2) is 43.5 Å². The Morgan fingerprint density at radius 2 is 1.37 bits per heavy atom. The van der Waals surface area contributed by atoms with Crippen molar-refractivity contribution in [3.63, 3.8) is 0 Å². The van der Waals surface area contributed by atoms with Crippen LogP contribution in [0.1, 0.15) is 50.7 Å². The summed E-state index contributed by atoms with van der Waals surface area (Å²) < 4.78 is 23.5. The molecule has 3 rings (SSSR count). The summed E-state index contributed by atoms with van der Waals surface area (Å²) in [6.07, 6.45) is 6.54. The minimum absolute atomic E-state index is 0.222. The molecule has 0 saturated heterocycles. The van der Waals surface area contributed by atoms with Gasteiger partial charge in [-0.25, -0.2) is 9.59 Å². The molecule has 2 aromatic carbocycles. The van der Waals surface area contributed by atoms with Crippen molar-refractivity contribution in [1.29, 1.82) is 0 Å². The van der Waals surface area contributed by atoms with Crippen LogP contribution >= 0.6 is 11.6 Å². The maximum atomic E-state index is 11.7. The van der Waals surface area contributed by atoms with E-state index in [1.807, 2.05) is 32.0 Å². The second-order valence-electron chi connectivity index (χ2n) is 8.48. The number of carbonyl (C=O) groups excluding carboxylic acids is 2. The van der Waals surface area contributed by atoms with E-state index in [0.29, 0.717) is 17.9 Å². The topological polar surface area (TPSA) is 71.1 Å². The van der Waals surface area contributed by atoms with Crippen molar-refractivity contribution in [1.82, 2.24) is 0 Å². The van der Waals surface area contributed by atoms with Gasteiger partial charge in [-0.1, -0.05) is 38.6 Å². The van der Waals surface area contributed by atoms with Crippen molar-refractivity contribution in [3.05, 3.63) is 59.7 Å². The second-order valence-corrected chi connectivity index (χ2v) is 8.91. The summed E-state index contributed by atoms with van der Waals surface area (Å²) in [5, 5.41) is 2.31. The molecular weight excluding hydrogens is 468 g/mol. The molecule has 0 saturated carbocycles. The van der Waals surface area contributed by atoms with E-state index < -0.39 is 18.0 Å². The highest BCUT2D eigenvalue weighted by Crippen LogP contribution is 2.45. The molecule has 2 unspecified atom stereocenters. The number of carbonyl (C=O) groups is 2. The molecule has 0 N–H and O–H groups in total. The predicted molar refractivity (Wildman–Crippen MR) is 137 cm³/mol. The first-order chi connectivity index (χ1) is 16.9. The Balaban J connectivity index is 1.99. The maximum Gasteiger partial charge on any atom is 0.330 e. The van der Waals surface area contributed by atoms with Crippen molar-refractivity contribution in [2.45, 2.75) is 64.6 Å². The van der Waals surface area contributed by atoms with Crippen LogP contribution in [0.5, 0.6) is 11.5 Å². The van der Waals surface area contributed by atoms with E-state index in [0.717, 1.165) is 71.2 Å². The van der Waals surface area contributed by atoms with Crippen LogP contribution in [0.2, 0.25) is 5.02 Å². The van der Waals surface area contributed by atoms with Crippen LogP contribution in [-0.2, 0) is 31.9 Å². The first-order valence-corrected chi connectivity index (χ1v) is 12.5. The number of hydrogen-bond donors (Lipinski definition) is 0. The van der Waals surface area contributed by atoms with E-state index in [2.05, 4.69) is 13.2 Å². The number of ether oxygens (including phenoxy) is 4. The molecule has 0 fully saturated rings. The van der Waals surface area contributed by atoms with Crippen molar-refractivity contribution in [2.24, 2.45) is 0 Å². The van der Waals surface area contributed by atoms with Gasteiger partial charge in [0.2, 0.25) is 0 Å². The zero-order valence-corrected chi connectivity index (χ0v) is 21.2. The molecule has 0 bridgehead atoms. The molecule has 0 aromatic heterocycles. The normalized spacial score (nSPS) is 14.4. The lowest BCUT2D eigenvalue weighted by atomic mass is 9.87. The van der Waals surface area contributed by atoms with Gasteiger partial charge in [0.05, 0.1) is 0 Å². The highest BCUT2D eigenvalue weighted by molar-refractivity contribution is 6.31. The number of benzene rings is 2. The average Bonchev–Trinajstić information content (AvgIpc) is 2.88. The molecule has 0 amide bonds. The van der Waals surface area contributed by atoms with E-state index in [1.54, 1.807) is 0 Å². The fourth-order valence-electron chi connectivity index (χ4n) is 4.21. The van der Waals surface area contributed by atoms with Gasteiger partial charge in [-0.3, -0.25) is 0 Å². The standard InChI is InChI=1S/C28H33ClO6/c1-5-19(34-25(30)7-3)16-32-27-21-11-9-10-12-22(21)28(24-15-18(29)13-14-23(24)27)33-17-20(6-2)35-26(31)8-4/h7-8,13-15,19-20H,3-6,9-12,16-17H2,1-2H3. The van der Waals surface area contributed by atoms with Gasteiger partial charge in [-0.05, 0) is 56.7 Å². The fraction of sp³-hybridized carbons (Fsp3) is 0.429. The van der Waals surface area contributed by atoms with Crippen LogP contribution < -0.4 is 9.47 Å². The largest absolute Gasteiger partial charge is 0.489 e. The first kappa shape index (κ1) is 26.6. The Bertz CT molecular complexity index is 1090. The minimum atomic E-state index is -0.471. The molecule has 35 heavy (non-hydrogen) atoms.